The Balaban J connectivity index is 1.32. The summed E-state index contributed by atoms with van der Waals surface area (Å²) in [5, 5.41) is 4.20. The van der Waals surface area contributed by atoms with Gasteiger partial charge < -0.3 is 0 Å². The summed E-state index contributed by atoms with van der Waals surface area (Å²) in [6.45, 7) is 0.323. The normalized spacial score (nSPS) is 28.0. The zero-order valence-electron chi connectivity index (χ0n) is 17.3. The number of carbonyl (C=O) groups is 2. The van der Waals surface area contributed by atoms with Crippen molar-refractivity contribution in [3.05, 3.63) is 0 Å². The van der Waals surface area contributed by atoms with Crippen LogP contribution < -0.4 is 5.43 Å². The number of nitrogens with zero attached hydrogens (tertiary/aromatic N) is 2. The van der Waals surface area contributed by atoms with Gasteiger partial charge in [0, 0.05) is 24.3 Å². The van der Waals surface area contributed by atoms with Crippen molar-refractivity contribution in [2.45, 2.75) is 89.9 Å². The van der Waals surface area contributed by atoms with E-state index in [2.05, 4.69) is 15.5 Å². The van der Waals surface area contributed by atoms with E-state index in [0.29, 0.717) is 18.4 Å². The topological polar surface area (TPSA) is 70.9 Å². The monoisotopic (exact) mass is 387 g/mol. The van der Waals surface area contributed by atoms with E-state index >= 15 is 0 Å². The summed E-state index contributed by atoms with van der Waals surface area (Å²) >= 11 is 0. The summed E-state index contributed by atoms with van der Waals surface area (Å²) in [5.41, 5.74) is 2.74. The van der Waals surface area contributed by atoms with Crippen molar-refractivity contribution in [1.29, 1.82) is 0 Å². The molecule has 28 heavy (non-hydrogen) atoms. The molecule has 0 aromatic heterocycles. The van der Waals surface area contributed by atoms with Gasteiger partial charge in [-0.3, -0.25) is 14.6 Å². The maximum absolute atomic E-state index is 12.4. The molecule has 0 radical (unpaired) electrons. The average molecular weight is 388 g/mol. The van der Waals surface area contributed by atoms with Gasteiger partial charge in [0.05, 0.1) is 6.54 Å². The molecule has 3 saturated carbocycles. The van der Waals surface area contributed by atoms with Crippen LogP contribution in [-0.4, -0.2) is 30.7 Å². The number of hydrogen-bond donors (Lipinski definition) is 1. The van der Waals surface area contributed by atoms with E-state index in [9.17, 15) is 9.59 Å². The molecule has 0 saturated heterocycles. The first-order chi connectivity index (χ1) is 13.7. The largest absolute Gasteiger partial charge is 0.297 e. The van der Waals surface area contributed by atoms with Crippen molar-refractivity contribution in [3.63, 3.8) is 0 Å². The third kappa shape index (κ3) is 6.82. The minimum Gasteiger partial charge on any atom is -0.297 e. The summed E-state index contributed by atoms with van der Waals surface area (Å²) < 4.78 is 0. The minimum absolute atomic E-state index is 0.00158. The van der Waals surface area contributed by atoms with Crippen LogP contribution in [0.2, 0.25) is 0 Å². The van der Waals surface area contributed by atoms with Gasteiger partial charge in [0.1, 0.15) is 0 Å². The molecule has 156 valence electrons. The number of hydrazone groups is 1. The van der Waals surface area contributed by atoms with E-state index in [1.165, 1.54) is 64.2 Å². The first-order valence-electron chi connectivity index (χ1n) is 11.6. The van der Waals surface area contributed by atoms with E-state index in [0.717, 1.165) is 25.7 Å². The van der Waals surface area contributed by atoms with E-state index < -0.39 is 0 Å². The quantitative estimate of drug-likeness (QED) is 0.508. The van der Waals surface area contributed by atoms with E-state index in [4.69, 9.17) is 0 Å². The molecule has 0 atom stereocenters. The Labute approximate surface area is 169 Å². The lowest BCUT2D eigenvalue weighted by atomic mass is 9.79. The Bertz CT molecular complexity index is 502. The average Bonchev–Trinajstić information content (AvgIpc) is 2.75. The van der Waals surface area contributed by atoms with Crippen LogP contribution in [0.15, 0.2) is 10.1 Å². The molecular formula is C23H37N3O2. The van der Waals surface area contributed by atoms with Crippen molar-refractivity contribution in [1.82, 2.24) is 5.43 Å². The number of carbonyl (C=O) groups excluding carboxylic acids is 2. The molecule has 0 bridgehead atoms. The molecule has 3 aliphatic rings. The molecule has 1 amide bonds. The zero-order chi connectivity index (χ0) is 19.6. The summed E-state index contributed by atoms with van der Waals surface area (Å²) in [4.78, 5) is 29.2. The second kappa shape index (κ2) is 11.5. The molecule has 5 heteroatoms. The Morgan fingerprint density at radius 3 is 1.86 bits per heavy atom. The van der Waals surface area contributed by atoms with E-state index in [1.807, 2.05) is 12.4 Å². The van der Waals surface area contributed by atoms with E-state index in [-0.39, 0.29) is 23.5 Å². The van der Waals surface area contributed by atoms with Crippen LogP contribution in [0.1, 0.15) is 89.9 Å². The molecule has 0 aromatic carbocycles. The van der Waals surface area contributed by atoms with Crippen LogP contribution in [0, 0.1) is 23.7 Å². The van der Waals surface area contributed by atoms with Gasteiger partial charge in [-0.2, -0.15) is 5.10 Å². The predicted molar refractivity (Wildman–Crippen MR) is 114 cm³/mol. The molecule has 3 fully saturated rings. The Morgan fingerprint density at radius 1 is 0.714 bits per heavy atom. The lowest BCUT2D eigenvalue weighted by molar-refractivity contribution is -0.129. The highest BCUT2D eigenvalue weighted by Gasteiger charge is 2.29. The number of amides is 1. The first-order valence-corrected chi connectivity index (χ1v) is 11.6. The number of ketones is 1. The van der Waals surface area contributed by atoms with Gasteiger partial charge in [-0.1, -0.05) is 38.5 Å². The van der Waals surface area contributed by atoms with Crippen LogP contribution in [0.5, 0.6) is 0 Å². The molecule has 0 heterocycles. The summed E-state index contributed by atoms with van der Waals surface area (Å²) in [5.74, 6) is 1.46. The number of aliphatic imine (C=N–C) groups is 1. The van der Waals surface area contributed by atoms with Crippen LogP contribution >= 0.6 is 0 Å². The van der Waals surface area contributed by atoms with Gasteiger partial charge in [-0.15, -0.1) is 0 Å². The fraction of sp³-hybridized carbons (Fsp3) is 0.826. The van der Waals surface area contributed by atoms with Crippen molar-refractivity contribution in [2.75, 3.05) is 6.54 Å². The fourth-order valence-electron chi connectivity index (χ4n) is 4.96. The molecule has 0 unspecified atom stereocenters. The molecule has 5 nitrogen and oxygen atoms in total. The Morgan fingerprint density at radius 2 is 1.25 bits per heavy atom. The van der Waals surface area contributed by atoms with Gasteiger partial charge in [0.25, 0.3) is 0 Å². The van der Waals surface area contributed by atoms with Crippen LogP contribution in [-0.2, 0) is 9.59 Å². The van der Waals surface area contributed by atoms with Crippen molar-refractivity contribution in [3.8, 4) is 0 Å². The van der Waals surface area contributed by atoms with Crippen LogP contribution in [0.4, 0.5) is 0 Å². The number of nitrogens with one attached hydrogen (secondary N) is 1. The highest BCUT2D eigenvalue weighted by molar-refractivity contribution is 5.85. The van der Waals surface area contributed by atoms with Gasteiger partial charge in [-0.25, -0.2) is 5.43 Å². The lowest BCUT2D eigenvalue weighted by Gasteiger charge is -2.26. The number of hydrogen-bond acceptors (Lipinski definition) is 4. The molecule has 1 N–H and O–H groups in total. The fourth-order valence-corrected chi connectivity index (χ4v) is 4.96. The van der Waals surface area contributed by atoms with Gasteiger partial charge >= 0.3 is 0 Å². The third-order valence-electron chi connectivity index (χ3n) is 6.88. The lowest BCUT2D eigenvalue weighted by Crippen LogP contribution is -2.32. The second-order valence-corrected chi connectivity index (χ2v) is 9.06. The number of Topliss-reactive ketones (excluding diaryl/α,β-unsaturated/α-hetero) is 1. The highest BCUT2D eigenvalue weighted by Crippen LogP contribution is 2.30. The molecule has 0 aliphatic heterocycles. The van der Waals surface area contributed by atoms with Crippen molar-refractivity contribution < 1.29 is 9.59 Å². The first kappa shape index (κ1) is 21.2. The van der Waals surface area contributed by atoms with Crippen LogP contribution in [0.25, 0.3) is 0 Å². The smallest absolute Gasteiger partial charge is 0.243 e. The zero-order valence-corrected chi connectivity index (χ0v) is 17.3. The summed E-state index contributed by atoms with van der Waals surface area (Å²) in [7, 11) is 0. The SMILES string of the molecule is O=C(CN=CC1CCCCC1)C1CCC(C(=O)N/N=C/C2CCCCC2)CC1. The molecule has 0 aromatic rings. The number of rotatable bonds is 7. The van der Waals surface area contributed by atoms with Crippen molar-refractivity contribution in [2.24, 2.45) is 33.8 Å². The third-order valence-corrected chi connectivity index (χ3v) is 6.88. The minimum atomic E-state index is -0.00158. The van der Waals surface area contributed by atoms with E-state index in [1.54, 1.807) is 0 Å². The molecule has 3 rings (SSSR count). The maximum Gasteiger partial charge on any atom is 0.243 e. The summed E-state index contributed by atoms with van der Waals surface area (Å²) in [6, 6.07) is 0. The molecular weight excluding hydrogens is 350 g/mol. The van der Waals surface area contributed by atoms with Gasteiger partial charge in [0.15, 0.2) is 5.78 Å². The maximum atomic E-state index is 12.4. The summed E-state index contributed by atoms with van der Waals surface area (Å²) in [6.07, 6.45) is 19.8. The van der Waals surface area contributed by atoms with Gasteiger partial charge in [-0.05, 0) is 63.2 Å². The molecule has 0 spiro atoms. The van der Waals surface area contributed by atoms with Crippen molar-refractivity contribution >= 4 is 24.1 Å². The Hall–Kier alpha value is -1.52. The van der Waals surface area contributed by atoms with Crippen LogP contribution in [0.3, 0.4) is 0 Å². The molecule has 3 aliphatic carbocycles. The highest BCUT2D eigenvalue weighted by atomic mass is 16.2. The standard InChI is InChI=1S/C23H37N3O2/c27-22(17-24-15-18-7-3-1-4-8-18)20-11-13-21(14-12-20)23(28)26-25-16-19-9-5-2-6-10-19/h15-16,18-21H,1-14,17H2,(H,26,28)/b24-15?,25-16+. The Kier molecular flexibility index (Phi) is 8.69. The van der Waals surface area contributed by atoms with Gasteiger partial charge in [0.2, 0.25) is 5.91 Å². The predicted octanol–water partition coefficient (Wildman–Crippen LogP) is 4.70. The second-order valence-electron chi connectivity index (χ2n) is 9.06.